The van der Waals surface area contributed by atoms with Crippen LogP contribution in [0.3, 0.4) is 0 Å². The Balaban J connectivity index is 1.99. The molecule has 2 rings (SSSR count). The number of rotatable bonds is 4. The first kappa shape index (κ1) is 12.9. The Morgan fingerprint density at radius 2 is 2.26 bits per heavy atom. The van der Waals surface area contributed by atoms with E-state index in [9.17, 15) is 4.79 Å². The van der Waals surface area contributed by atoms with Crippen molar-refractivity contribution in [3.05, 3.63) is 48.3 Å². The highest BCUT2D eigenvalue weighted by Crippen LogP contribution is 2.16. The number of nitrogens with zero attached hydrogens (tertiary/aromatic N) is 2. The summed E-state index contributed by atoms with van der Waals surface area (Å²) in [4.78, 5) is 11.7. The van der Waals surface area contributed by atoms with Crippen molar-refractivity contribution < 1.29 is 4.79 Å². The van der Waals surface area contributed by atoms with Gasteiger partial charge in [0.05, 0.1) is 17.6 Å². The number of nitrogens with one attached hydrogen (secondary N) is 1. The van der Waals surface area contributed by atoms with Crippen molar-refractivity contribution in [3.8, 4) is 0 Å². The van der Waals surface area contributed by atoms with Crippen LogP contribution in [0.2, 0.25) is 0 Å². The summed E-state index contributed by atoms with van der Waals surface area (Å²) in [7, 11) is 0. The minimum absolute atomic E-state index is 0.220. The maximum Gasteiger partial charge on any atom is 0.248 e. The molecule has 1 aromatic carbocycles. The smallest absolute Gasteiger partial charge is 0.248 e. The van der Waals surface area contributed by atoms with E-state index in [0.717, 1.165) is 12.1 Å². The molecule has 5 heteroatoms. The van der Waals surface area contributed by atoms with E-state index in [1.165, 1.54) is 6.08 Å². The highest BCUT2D eigenvalue weighted by atomic mass is 16.1. The SMILES string of the molecule is CCn1cc(/C=C/C(=O)Nc2ccccc2N)cn1. The Kier molecular flexibility index (Phi) is 3.97. The molecule has 0 aliphatic carbocycles. The predicted octanol–water partition coefficient (Wildman–Crippen LogP) is 2.14. The van der Waals surface area contributed by atoms with Crippen molar-refractivity contribution >= 4 is 23.4 Å². The van der Waals surface area contributed by atoms with Gasteiger partial charge >= 0.3 is 0 Å². The molecule has 3 N–H and O–H groups in total. The van der Waals surface area contributed by atoms with Gasteiger partial charge in [-0.2, -0.15) is 5.10 Å². The first-order valence-corrected chi connectivity index (χ1v) is 6.05. The molecule has 98 valence electrons. The zero-order valence-electron chi connectivity index (χ0n) is 10.7. The molecule has 0 aliphatic heterocycles. The number of benzene rings is 1. The first-order chi connectivity index (χ1) is 9.19. The molecule has 5 nitrogen and oxygen atoms in total. The number of aryl methyl sites for hydroxylation is 1. The molecule has 0 atom stereocenters. The summed E-state index contributed by atoms with van der Waals surface area (Å²) in [5.41, 5.74) is 7.79. The largest absolute Gasteiger partial charge is 0.397 e. The van der Waals surface area contributed by atoms with Crippen LogP contribution >= 0.6 is 0 Å². The van der Waals surface area contributed by atoms with Crippen LogP contribution in [-0.2, 0) is 11.3 Å². The van der Waals surface area contributed by atoms with E-state index in [2.05, 4.69) is 10.4 Å². The Labute approximate surface area is 111 Å². The lowest BCUT2D eigenvalue weighted by atomic mass is 10.2. The Morgan fingerprint density at radius 1 is 1.47 bits per heavy atom. The van der Waals surface area contributed by atoms with Gasteiger partial charge in [-0.25, -0.2) is 0 Å². The van der Waals surface area contributed by atoms with Crippen molar-refractivity contribution in [1.29, 1.82) is 0 Å². The molecular formula is C14H16N4O. The minimum atomic E-state index is -0.220. The van der Waals surface area contributed by atoms with Crippen LogP contribution in [0, 0.1) is 0 Å². The summed E-state index contributed by atoms with van der Waals surface area (Å²) in [5.74, 6) is -0.220. The van der Waals surface area contributed by atoms with E-state index < -0.39 is 0 Å². The summed E-state index contributed by atoms with van der Waals surface area (Å²) < 4.78 is 1.80. The van der Waals surface area contributed by atoms with E-state index in [4.69, 9.17) is 5.73 Å². The molecule has 1 heterocycles. The van der Waals surface area contributed by atoms with Crippen LogP contribution < -0.4 is 11.1 Å². The van der Waals surface area contributed by atoms with Gasteiger partial charge in [0, 0.05) is 24.4 Å². The van der Waals surface area contributed by atoms with Gasteiger partial charge in [0.2, 0.25) is 5.91 Å². The van der Waals surface area contributed by atoms with E-state index in [1.807, 2.05) is 25.3 Å². The van der Waals surface area contributed by atoms with E-state index >= 15 is 0 Å². The molecular weight excluding hydrogens is 240 g/mol. The fourth-order valence-corrected chi connectivity index (χ4v) is 1.60. The van der Waals surface area contributed by atoms with E-state index in [0.29, 0.717) is 11.4 Å². The molecule has 0 aliphatic rings. The number of hydrogen-bond donors (Lipinski definition) is 2. The third-order valence-electron chi connectivity index (χ3n) is 2.62. The van der Waals surface area contributed by atoms with Crippen molar-refractivity contribution in [2.24, 2.45) is 0 Å². The number of nitrogen functional groups attached to an aromatic ring is 1. The Hall–Kier alpha value is -2.56. The number of amides is 1. The average molecular weight is 256 g/mol. The second-order valence-corrected chi connectivity index (χ2v) is 4.04. The second kappa shape index (κ2) is 5.86. The number of aromatic nitrogens is 2. The highest BCUT2D eigenvalue weighted by Gasteiger charge is 2.01. The third-order valence-corrected chi connectivity index (χ3v) is 2.62. The molecule has 0 unspecified atom stereocenters. The third kappa shape index (κ3) is 3.45. The number of para-hydroxylation sites is 2. The number of nitrogens with two attached hydrogens (primary N) is 1. The zero-order valence-corrected chi connectivity index (χ0v) is 10.7. The van der Waals surface area contributed by atoms with Gasteiger partial charge in [0.15, 0.2) is 0 Å². The lowest BCUT2D eigenvalue weighted by Gasteiger charge is -2.04. The van der Waals surface area contributed by atoms with Gasteiger partial charge in [-0.1, -0.05) is 12.1 Å². The molecule has 1 aromatic heterocycles. The quantitative estimate of drug-likeness (QED) is 0.650. The lowest BCUT2D eigenvalue weighted by molar-refractivity contribution is -0.111. The van der Waals surface area contributed by atoms with Crippen LogP contribution in [0.1, 0.15) is 12.5 Å². The van der Waals surface area contributed by atoms with Crippen LogP contribution in [0.5, 0.6) is 0 Å². The molecule has 0 saturated heterocycles. The lowest BCUT2D eigenvalue weighted by Crippen LogP contribution is -2.09. The average Bonchev–Trinajstić information content (AvgIpc) is 2.87. The second-order valence-electron chi connectivity index (χ2n) is 4.04. The number of carbonyl (C=O) groups excluding carboxylic acids is 1. The number of anilines is 2. The molecule has 0 bridgehead atoms. The van der Waals surface area contributed by atoms with Gasteiger partial charge < -0.3 is 11.1 Å². The van der Waals surface area contributed by atoms with Gasteiger partial charge in [-0.05, 0) is 25.1 Å². The molecule has 0 spiro atoms. The van der Waals surface area contributed by atoms with Crippen LogP contribution in [-0.4, -0.2) is 15.7 Å². The first-order valence-electron chi connectivity index (χ1n) is 6.05. The molecule has 0 saturated carbocycles. The van der Waals surface area contributed by atoms with Crippen LogP contribution in [0.25, 0.3) is 6.08 Å². The number of hydrogen-bond acceptors (Lipinski definition) is 3. The van der Waals surface area contributed by atoms with Gasteiger partial charge in [0.25, 0.3) is 0 Å². The standard InChI is InChI=1S/C14H16N4O/c1-2-18-10-11(9-16-18)7-8-14(19)17-13-6-4-3-5-12(13)15/h3-10H,2,15H2,1H3,(H,17,19)/b8-7+. The normalized spacial score (nSPS) is 10.8. The molecule has 19 heavy (non-hydrogen) atoms. The molecule has 1 amide bonds. The molecule has 0 fully saturated rings. The van der Waals surface area contributed by atoms with E-state index in [1.54, 1.807) is 29.1 Å². The minimum Gasteiger partial charge on any atom is -0.397 e. The Bertz CT molecular complexity index is 601. The van der Waals surface area contributed by atoms with Crippen molar-refractivity contribution in [3.63, 3.8) is 0 Å². The monoisotopic (exact) mass is 256 g/mol. The zero-order chi connectivity index (χ0) is 13.7. The van der Waals surface area contributed by atoms with Crippen molar-refractivity contribution in [2.75, 3.05) is 11.1 Å². The van der Waals surface area contributed by atoms with Gasteiger partial charge in [-0.15, -0.1) is 0 Å². The van der Waals surface area contributed by atoms with Crippen molar-refractivity contribution in [1.82, 2.24) is 9.78 Å². The Morgan fingerprint density at radius 3 is 2.95 bits per heavy atom. The molecule has 2 aromatic rings. The summed E-state index contributed by atoms with van der Waals surface area (Å²) in [6, 6.07) is 7.14. The van der Waals surface area contributed by atoms with Crippen LogP contribution in [0.15, 0.2) is 42.7 Å². The maximum atomic E-state index is 11.7. The summed E-state index contributed by atoms with van der Waals surface area (Å²) in [6.45, 7) is 2.81. The molecule has 0 radical (unpaired) electrons. The fraction of sp³-hybridized carbons (Fsp3) is 0.143. The maximum absolute atomic E-state index is 11.7. The highest BCUT2D eigenvalue weighted by molar-refractivity contribution is 6.03. The topological polar surface area (TPSA) is 72.9 Å². The van der Waals surface area contributed by atoms with Gasteiger partial charge in [-0.3, -0.25) is 9.48 Å². The van der Waals surface area contributed by atoms with Gasteiger partial charge in [0.1, 0.15) is 0 Å². The number of carbonyl (C=O) groups is 1. The van der Waals surface area contributed by atoms with E-state index in [-0.39, 0.29) is 5.91 Å². The fourth-order valence-electron chi connectivity index (χ4n) is 1.60. The predicted molar refractivity (Wildman–Crippen MR) is 76.4 cm³/mol. The summed E-state index contributed by atoms with van der Waals surface area (Å²) in [6.07, 6.45) is 6.77. The summed E-state index contributed by atoms with van der Waals surface area (Å²) >= 11 is 0. The van der Waals surface area contributed by atoms with Crippen molar-refractivity contribution in [2.45, 2.75) is 13.5 Å². The summed E-state index contributed by atoms with van der Waals surface area (Å²) in [5, 5.41) is 6.85. The van der Waals surface area contributed by atoms with Crippen LogP contribution in [0.4, 0.5) is 11.4 Å².